The van der Waals surface area contributed by atoms with E-state index in [1.165, 1.54) is 12.1 Å². The number of ether oxygens (including phenoxy) is 4. The summed E-state index contributed by atoms with van der Waals surface area (Å²) in [5.41, 5.74) is 2.33. The Hall–Kier alpha value is -3.76. The lowest BCUT2D eigenvalue weighted by Gasteiger charge is -2.31. The van der Waals surface area contributed by atoms with E-state index in [4.69, 9.17) is 24.1 Å². The first kappa shape index (κ1) is 29.3. The Bertz CT molecular complexity index is 1530. The second kappa shape index (κ2) is 11.4. The van der Waals surface area contributed by atoms with Gasteiger partial charge in [-0.05, 0) is 77.9 Å². The predicted octanol–water partition coefficient (Wildman–Crippen LogP) is 6.62. The quantitative estimate of drug-likeness (QED) is 0.301. The molecular formula is C33H33F3O7. The van der Waals surface area contributed by atoms with Crippen molar-refractivity contribution in [2.45, 2.75) is 62.8 Å². The van der Waals surface area contributed by atoms with Crippen LogP contribution in [0.4, 0.5) is 13.2 Å². The number of hydrogen-bond acceptors (Lipinski definition) is 6. The van der Waals surface area contributed by atoms with Gasteiger partial charge in [0.25, 0.3) is 0 Å². The van der Waals surface area contributed by atoms with Crippen LogP contribution in [0.15, 0.2) is 48.5 Å². The number of aryl methyl sites for hydroxylation is 1. The number of carboxylic acid groups (broad SMARTS) is 1. The van der Waals surface area contributed by atoms with Gasteiger partial charge in [0, 0.05) is 43.6 Å². The summed E-state index contributed by atoms with van der Waals surface area (Å²) in [4.78, 5) is 11.2. The van der Waals surface area contributed by atoms with E-state index in [1.807, 2.05) is 6.92 Å². The molecule has 43 heavy (non-hydrogen) atoms. The van der Waals surface area contributed by atoms with E-state index in [0.29, 0.717) is 72.8 Å². The van der Waals surface area contributed by atoms with Crippen molar-refractivity contribution in [1.29, 1.82) is 0 Å². The number of hydrogen-bond donors (Lipinski definition) is 2. The number of alkyl halides is 3. The molecule has 0 bridgehead atoms. The minimum absolute atomic E-state index is 0.0453. The summed E-state index contributed by atoms with van der Waals surface area (Å²) < 4.78 is 65.5. The molecule has 2 N–H and O–H groups in total. The molecule has 1 fully saturated rings. The molecule has 0 saturated carbocycles. The zero-order valence-electron chi connectivity index (χ0n) is 23.7. The predicted molar refractivity (Wildman–Crippen MR) is 151 cm³/mol. The first-order chi connectivity index (χ1) is 20.5. The van der Waals surface area contributed by atoms with Crippen molar-refractivity contribution >= 4 is 5.97 Å². The Morgan fingerprint density at radius 2 is 1.79 bits per heavy atom. The second-order valence-electron chi connectivity index (χ2n) is 11.6. The number of carboxylic acids is 1. The summed E-state index contributed by atoms with van der Waals surface area (Å²) in [7, 11) is 0. The van der Waals surface area contributed by atoms with E-state index < -0.39 is 29.4 Å². The summed E-state index contributed by atoms with van der Waals surface area (Å²) in [5, 5.41) is 19.9. The van der Waals surface area contributed by atoms with Crippen LogP contribution in [0.25, 0.3) is 11.1 Å². The van der Waals surface area contributed by atoms with Crippen LogP contribution in [0.2, 0.25) is 0 Å². The zero-order chi connectivity index (χ0) is 30.4. The van der Waals surface area contributed by atoms with E-state index in [2.05, 4.69) is 0 Å². The highest BCUT2D eigenvalue weighted by molar-refractivity contribution is 5.74. The Morgan fingerprint density at radius 3 is 2.51 bits per heavy atom. The van der Waals surface area contributed by atoms with Crippen LogP contribution in [-0.4, -0.2) is 48.2 Å². The number of halogens is 3. The smallest absolute Gasteiger partial charge is 0.416 e. The van der Waals surface area contributed by atoms with Crippen LogP contribution in [0.1, 0.15) is 65.5 Å². The summed E-state index contributed by atoms with van der Waals surface area (Å²) in [6, 6.07) is 12.8. The monoisotopic (exact) mass is 598 g/mol. The van der Waals surface area contributed by atoms with Crippen molar-refractivity contribution in [3.63, 3.8) is 0 Å². The fourth-order valence-corrected chi connectivity index (χ4v) is 6.23. The molecule has 7 nitrogen and oxygen atoms in total. The van der Waals surface area contributed by atoms with Crippen LogP contribution in [0.3, 0.4) is 0 Å². The maximum absolute atomic E-state index is 14.1. The first-order valence-electron chi connectivity index (χ1n) is 14.4. The topological polar surface area (TPSA) is 94.5 Å². The molecule has 0 spiro atoms. The molecule has 0 radical (unpaired) electrons. The fourth-order valence-electron chi connectivity index (χ4n) is 6.23. The van der Waals surface area contributed by atoms with Crippen molar-refractivity contribution in [2.24, 2.45) is 0 Å². The van der Waals surface area contributed by atoms with Crippen LogP contribution in [0, 0.1) is 6.92 Å². The Balaban J connectivity index is 1.26. The van der Waals surface area contributed by atoms with Crippen LogP contribution in [0.5, 0.6) is 17.2 Å². The van der Waals surface area contributed by atoms with Gasteiger partial charge >= 0.3 is 12.1 Å². The van der Waals surface area contributed by atoms with E-state index in [-0.39, 0.29) is 25.6 Å². The van der Waals surface area contributed by atoms with Crippen LogP contribution >= 0.6 is 0 Å². The van der Waals surface area contributed by atoms with E-state index in [1.54, 1.807) is 36.4 Å². The minimum Gasteiger partial charge on any atom is -0.492 e. The van der Waals surface area contributed by atoms with Gasteiger partial charge in [0.15, 0.2) is 0 Å². The zero-order valence-corrected chi connectivity index (χ0v) is 23.7. The number of rotatable bonds is 8. The molecule has 2 heterocycles. The Kier molecular flexibility index (Phi) is 7.76. The van der Waals surface area contributed by atoms with Gasteiger partial charge in [0.1, 0.15) is 35.6 Å². The number of fused-ring (bicyclic) bond motifs is 2. The van der Waals surface area contributed by atoms with Crippen molar-refractivity contribution < 1.29 is 47.1 Å². The molecule has 3 aliphatic rings. The Morgan fingerprint density at radius 1 is 1.02 bits per heavy atom. The molecule has 1 aliphatic carbocycles. The number of aliphatic hydroxyl groups is 1. The van der Waals surface area contributed by atoms with Crippen molar-refractivity contribution in [2.75, 3.05) is 26.4 Å². The first-order valence-corrected chi connectivity index (χ1v) is 14.4. The van der Waals surface area contributed by atoms with E-state index in [9.17, 15) is 23.1 Å². The number of aliphatic carboxylic acids is 1. The number of benzene rings is 3. The van der Waals surface area contributed by atoms with Gasteiger partial charge in [-0.2, -0.15) is 13.2 Å². The second-order valence-corrected chi connectivity index (χ2v) is 11.6. The molecule has 6 rings (SSSR count). The average molecular weight is 599 g/mol. The lowest BCUT2D eigenvalue weighted by atomic mass is 9.91. The number of carbonyl (C=O) groups is 1. The summed E-state index contributed by atoms with van der Waals surface area (Å²) in [6.07, 6.45) is -3.17. The van der Waals surface area contributed by atoms with Gasteiger partial charge in [0.05, 0.1) is 18.6 Å². The van der Waals surface area contributed by atoms with Crippen LogP contribution in [-0.2, 0) is 22.1 Å². The lowest BCUT2D eigenvalue weighted by molar-refractivity contribution is -0.138. The molecule has 0 amide bonds. The lowest BCUT2D eigenvalue weighted by Crippen LogP contribution is -2.41. The van der Waals surface area contributed by atoms with E-state index >= 15 is 0 Å². The molecule has 1 saturated heterocycles. The third-order valence-electron chi connectivity index (χ3n) is 8.60. The maximum atomic E-state index is 14.1. The molecule has 3 aromatic carbocycles. The van der Waals surface area contributed by atoms with Gasteiger partial charge in [-0.1, -0.05) is 12.1 Å². The summed E-state index contributed by atoms with van der Waals surface area (Å²) >= 11 is 0. The van der Waals surface area contributed by atoms with Gasteiger partial charge in [-0.25, -0.2) is 0 Å². The van der Waals surface area contributed by atoms with Gasteiger partial charge in [0.2, 0.25) is 0 Å². The SMILES string of the molecule is Cc1cc(OCC2(O)CCOCC2)ccc1-c1cc(C(F)(F)F)cc2c1CC[C@H]2Oc1ccc2c(c1)OCC2CC(=O)O. The van der Waals surface area contributed by atoms with Crippen LogP contribution < -0.4 is 14.2 Å². The molecular weight excluding hydrogens is 565 g/mol. The van der Waals surface area contributed by atoms with Crippen molar-refractivity contribution in [3.8, 4) is 28.4 Å². The average Bonchev–Trinajstić information content (AvgIpc) is 3.55. The Labute approximate surface area is 247 Å². The highest BCUT2D eigenvalue weighted by Crippen LogP contribution is 2.46. The normalized spacial score (nSPS) is 20.7. The molecule has 2 atom stereocenters. The standard InChI is InChI=1S/C33H33F3O7/c1-19-12-22(42-18-32(39)8-10-40-11-9-32)2-4-24(19)27-14-21(33(34,35)36)15-28-26(27)6-7-29(28)43-23-3-5-25-20(13-31(37)38)17-41-30(25)16-23/h2-5,12,14-16,20,29,39H,6-11,13,17-18H2,1H3,(H,37,38)/t20?,29-/m1/s1. The van der Waals surface area contributed by atoms with Gasteiger partial charge < -0.3 is 29.2 Å². The van der Waals surface area contributed by atoms with Crippen molar-refractivity contribution in [1.82, 2.24) is 0 Å². The third kappa shape index (κ3) is 6.17. The van der Waals surface area contributed by atoms with Gasteiger partial charge in [-0.15, -0.1) is 0 Å². The van der Waals surface area contributed by atoms with Crippen molar-refractivity contribution in [3.05, 3.63) is 76.3 Å². The summed E-state index contributed by atoms with van der Waals surface area (Å²) in [6.45, 7) is 3.15. The minimum atomic E-state index is -4.55. The molecule has 1 unspecified atom stereocenters. The fraction of sp³-hybridized carbons (Fsp3) is 0.424. The maximum Gasteiger partial charge on any atom is 0.416 e. The third-order valence-corrected chi connectivity index (χ3v) is 8.60. The summed E-state index contributed by atoms with van der Waals surface area (Å²) in [5.74, 6) is 0.364. The molecule has 3 aromatic rings. The highest BCUT2D eigenvalue weighted by Gasteiger charge is 2.37. The van der Waals surface area contributed by atoms with E-state index in [0.717, 1.165) is 16.7 Å². The van der Waals surface area contributed by atoms with Gasteiger partial charge in [-0.3, -0.25) is 4.79 Å². The molecule has 0 aromatic heterocycles. The molecule has 2 aliphatic heterocycles. The molecule has 10 heteroatoms. The largest absolute Gasteiger partial charge is 0.492 e. The highest BCUT2D eigenvalue weighted by atomic mass is 19.4. The molecule has 228 valence electrons.